The summed E-state index contributed by atoms with van der Waals surface area (Å²) in [5, 5.41) is -6.24. The summed E-state index contributed by atoms with van der Waals surface area (Å²) < 4.78 is 104. The molecule has 1 atom stereocenters. The van der Waals surface area contributed by atoms with Crippen LogP contribution in [0.3, 0.4) is 0 Å². The Morgan fingerprint density at radius 2 is 1.70 bits per heavy atom. The average molecular weight is 563 g/mol. The second kappa shape index (κ2) is 7.69. The van der Waals surface area contributed by atoms with E-state index in [2.05, 4.69) is 42.9 Å². The summed E-state index contributed by atoms with van der Waals surface area (Å²) >= 11 is 7.50. The lowest BCUT2D eigenvalue weighted by Gasteiger charge is -2.29. The predicted octanol–water partition coefficient (Wildman–Crippen LogP) is 6.63. The van der Waals surface area contributed by atoms with E-state index in [4.69, 9.17) is 11.6 Å². The molecule has 0 saturated carbocycles. The van der Waals surface area contributed by atoms with Gasteiger partial charge in [0.1, 0.15) is 5.15 Å². The molecular weight excluding hydrogens is 558 g/mol. The van der Waals surface area contributed by atoms with Crippen molar-refractivity contribution in [2.45, 2.75) is 22.2 Å². The summed E-state index contributed by atoms with van der Waals surface area (Å²) in [4.78, 5) is 2.66. The number of benzene rings is 1. The Labute approximate surface area is 172 Å². The van der Waals surface area contributed by atoms with Gasteiger partial charge in [-0.3, -0.25) is 0 Å². The van der Waals surface area contributed by atoms with E-state index in [9.17, 15) is 35.3 Å². The number of halogens is 10. The SMILES string of the molecule is [O-][S+](c1cc(Br)[c]c(Br)c1-c1cccnc1Cl)C(F)(F)C(F)(F)C(F)(F)F. The molecule has 1 unspecified atom stereocenters. The molecule has 0 aliphatic heterocycles. The van der Waals surface area contributed by atoms with Crippen molar-refractivity contribution in [1.29, 1.82) is 0 Å². The van der Waals surface area contributed by atoms with Crippen molar-refractivity contribution < 1.29 is 35.3 Å². The molecule has 1 radical (unpaired) electrons. The molecule has 0 bridgehead atoms. The number of alkyl halides is 7. The summed E-state index contributed by atoms with van der Waals surface area (Å²) in [5.74, 6) is -6.54. The largest absolute Gasteiger partial charge is 0.606 e. The van der Waals surface area contributed by atoms with Crippen LogP contribution in [0.2, 0.25) is 5.15 Å². The minimum Gasteiger partial charge on any atom is -0.606 e. The van der Waals surface area contributed by atoms with Crippen LogP contribution in [0.15, 0.2) is 38.2 Å². The van der Waals surface area contributed by atoms with E-state index in [0.717, 1.165) is 0 Å². The van der Waals surface area contributed by atoms with E-state index in [-0.39, 0.29) is 19.7 Å². The van der Waals surface area contributed by atoms with Crippen LogP contribution >= 0.6 is 43.5 Å². The monoisotopic (exact) mass is 560 g/mol. The molecule has 13 heteroatoms. The van der Waals surface area contributed by atoms with Crippen molar-refractivity contribution in [3.05, 3.63) is 44.6 Å². The van der Waals surface area contributed by atoms with Crippen molar-refractivity contribution in [2.75, 3.05) is 0 Å². The Balaban J connectivity index is 2.74. The van der Waals surface area contributed by atoms with Gasteiger partial charge in [-0.05, 0) is 44.0 Å². The first-order valence-corrected chi connectivity index (χ1v) is 9.59. The molecule has 2 nitrogen and oxygen atoms in total. The van der Waals surface area contributed by atoms with E-state index < -0.39 is 39.0 Å². The summed E-state index contributed by atoms with van der Waals surface area (Å²) in [5.41, 5.74) is -0.531. The van der Waals surface area contributed by atoms with Crippen LogP contribution in [0.1, 0.15) is 0 Å². The maximum atomic E-state index is 14.0. The van der Waals surface area contributed by atoms with Crippen LogP contribution < -0.4 is 0 Å². The first-order valence-electron chi connectivity index (χ1n) is 6.48. The van der Waals surface area contributed by atoms with Gasteiger partial charge in [0, 0.05) is 32.8 Å². The highest BCUT2D eigenvalue weighted by Gasteiger charge is 2.80. The maximum Gasteiger partial charge on any atom is 0.486 e. The van der Waals surface area contributed by atoms with Gasteiger partial charge in [0.25, 0.3) is 0 Å². The molecule has 2 aromatic rings. The van der Waals surface area contributed by atoms with Gasteiger partial charge in [-0.25, -0.2) is 4.98 Å². The summed E-state index contributed by atoms with van der Waals surface area (Å²) in [6.07, 6.45) is -5.39. The lowest BCUT2D eigenvalue weighted by molar-refractivity contribution is -0.332. The Bertz CT molecular complexity index is 866. The number of rotatable bonds is 4. The van der Waals surface area contributed by atoms with Crippen molar-refractivity contribution in [1.82, 2.24) is 4.98 Å². The second-order valence-electron chi connectivity index (χ2n) is 4.87. The highest BCUT2D eigenvalue weighted by atomic mass is 79.9. The standard InChI is InChI=1S/C14H4Br2ClF7NOS/c15-6-4-8(16)10(7-2-1-3-25-11(7)17)9(5-6)27(26)14(23,24)12(18,19)13(20,21)22/h1-3,5H. The van der Waals surface area contributed by atoms with E-state index >= 15 is 0 Å². The normalized spacial score (nSPS) is 14.3. The highest BCUT2D eigenvalue weighted by Crippen LogP contribution is 2.52. The summed E-state index contributed by atoms with van der Waals surface area (Å²) in [6, 6.07) is 5.78. The molecule has 0 N–H and O–H groups in total. The minimum absolute atomic E-state index is 0.118. The van der Waals surface area contributed by atoms with Gasteiger partial charge in [-0.15, -0.1) is 8.78 Å². The molecule has 0 fully saturated rings. The lowest BCUT2D eigenvalue weighted by Crippen LogP contribution is -2.56. The fraction of sp³-hybridized carbons (Fsp3) is 0.214. The van der Waals surface area contributed by atoms with E-state index in [1.165, 1.54) is 18.3 Å². The van der Waals surface area contributed by atoms with Crippen LogP contribution in [-0.4, -0.2) is 26.9 Å². The first kappa shape index (κ1) is 22.7. The Hall–Kier alpha value is -0.560. The van der Waals surface area contributed by atoms with Gasteiger partial charge >= 0.3 is 17.4 Å². The molecule has 0 aliphatic carbocycles. The first-order chi connectivity index (χ1) is 12.2. The quantitative estimate of drug-likeness (QED) is 0.239. The van der Waals surface area contributed by atoms with Gasteiger partial charge in [-0.2, -0.15) is 22.0 Å². The van der Waals surface area contributed by atoms with Crippen molar-refractivity contribution >= 4 is 54.6 Å². The number of hydrogen-bond donors (Lipinski definition) is 0. The van der Waals surface area contributed by atoms with Crippen LogP contribution in [0.25, 0.3) is 11.1 Å². The zero-order valence-electron chi connectivity index (χ0n) is 12.4. The van der Waals surface area contributed by atoms with Gasteiger partial charge in [0.15, 0.2) is 4.90 Å². The molecule has 2 rings (SSSR count). The third-order valence-electron chi connectivity index (χ3n) is 3.14. The van der Waals surface area contributed by atoms with Crippen LogP contribution in [0, 0.1) is 6.07 Å². The fourth-order valence-corrected chi connectivity index (χ4v) is 4.97. The van der Waals surface area contributed by atoms with E-state index in [1.54, 1.807) is 0 Å². The molecule has 0 spiro atoms. The molecule has 0 amide bonds. The topological polar surface area (TPSA) is 36.0 Å². The maximum absolute atomic E-state index is 14.0. The van der Waals surface area contributed by atoms with E-state index in [0.29, 0.717) is 6.07 Å². The van der Waals surface area contributed by atoms with Gasteiger partial charge < -0.3 is 4.55 Å². The minimum atomic E-state index is -6.62. The smallest absolute Gasteiger partial charge is 0.486 e. The van der Waals surface area contributed by atoms with Gasteiger partial charge in [0.2, 0.25) is 0 Å². The molecule has 27 heavy (non-hydrogen) atoms. The number of aromatic nitrogens is 1. The third-order valence-corrected chi connectivity index (χ3v) is 5.90. The number of nitrogens with zero attached hydrogens (tertiary/aromatic N) is 1. The summed E-state index contributed by atoms with van der Waals surface area (Å²) in [7, 11) is 0. The molecular formula is C14H4Br2ClF7NOS. The molecule has 1 aromatic carbocycles. The molecule has 1 aromatic heterocycles. The highest BCUT2D eigenvalue weighted by molar-refractivity contribution is 9.11. The van der Waals surface area contributed by atoms with Crippen molar-refractivity contribution in [2.24, 2.45) is 0 Å². The van der Waals surface area contributed by atoms with E-state index in [1.807, 2.05) is 0 Å². The lowest BCUT2D eigenvalue weighted by atomic mass is 10.1. The van der Waals surface area contributed by atoms with Gasteiger partial charge in [-0.1, -0.05) is 11.6 Å². The Morgan fingerprint density at radius 3 is 2.22 bits per heavy atom. The number of pyridine rings is 1. The third kappa shape index (κ3) is 4.09. The summed E-state index contributed by atoms with van der Waals surface area (Å²) in [6.45, 7) is 0. The van der Waals surface area contributed by atoms with Crippen molar-refractivity contribution in [3.63, 3.8) is 0 Å². The second-order valence-corrected chi connectivity index (χ2v) is 8.37. The van der Waals surface area contributed by atoms with Crippen LogP contribution in [0.5, 0.6) is 0 Å². The van der Waals surface area contributed by atoms with Crippen LogP contribution in [-0.2, 0) is 11.2 Å². The Morgan fingerprint density at radius 1 is 1.11 bits per heavy atom. The number of hydrogen-bond acceptors (Lipinski definition) is 2. The predicted molar refractivity (Wildman–Crippen MR) is 91.3 cm³/mol. The zero-order chi connectivity index (χ0) is 20.8. The molecule has 1 heterocycles. The van der Waals surface area contributed by atoms with Gasteiger partial charge in [0.05, 0.1) is 16.7 Å². The fourth-order valence-electron chi connectivity index (χ4n) is 1.89. The average Bonchev–Trinajstić information content (AvgIpc) is 2.53. The molecule has 0 saturated heterocycles. The molecule has 0 aliphatic rings. The van der Waals surface area contributed by atoms with Crippen LogP contribution in [0.4, 0.5) is 30.7 Å². The molecule has 147 valence electrons. The Kier molecular flexibility index (Phi) is 6.48. The van der Waals surface area contributed by atoms with Crippen molar-refractivity contribution in [3.8, 4) is 11.1 Å². The zero-order valence-corrected chi connectivity index (χ0v) is 17.1.